The molecule has 1 N–H and O–H groups in total. The summed E-state index contributed by atoms with van der Waals surface area (Å²) in [6.45, 7) is 8.32. The second kappa shape index (κ2) is 6.88. The third-order valence-corrected chi connectivity index (χ3v) is 5.61. The maximum Gasteiger partial charge on any atom is 0.200 e. The standard InChI is InChI=1S/C18H28N6O/c1-13(2)16-10-17(18-20-19-12-24(18)21-16)22-8-5-14(6-9-22)23-7-3-4-15(25)11-23/h10,12-15,25H,3-9,11H2,1-2H3. The maximum atomic E-state index is 9.94. The molecule has 4 rings (SSSR count). The Labute approximate surface area is 148 Å². The number of hydrogen-bond acceptors (Lipinski definition) is 6. The van der Waals surface area contributed by atoms with Gasteiger partial charge in [-0.05, 0) is 44.2 Å². The Bertz CT molecular complexity index is 721. The number of anilines is 1. The third kappa shape index (κ3) is 3.35. The van der Waals surface area contributed by atoms with Gasteiger partial charge in [-0.25, -0.2) is 0 Å². The first-order chi connectivity index (χ1) is 12.1. The van der Waals surface area contributed by atoms with Gasteiger partial charge in [0.1, 0.15) is 6.33 Å². The van der Waals surface area contributed by atoms with Crippen LogP contribution in [-0.4, -0.2) is 68.1 Å². The van der Waals surface area contributed by atoms with E-state index in [0.29, 0.717) is 12.0 Å². The number of rotatable bonds is 3. The van der Waals surface area contributed by atoms with Crippen LogP contribution in [0.3, 0.4) is 0 Å². The lowest BCUT2D eigenvalue weighted by atomic mass is 9.98. The number of hydrogen-bond donors (Lipinski definition) is 1. The summed E-state index contributed by atoms with van der Waals surface area (Å²) < 4.78 is 1.80. The third-order valence-electron chi connectivity index (χ3n) is 5.61. The van der Waals surface area contributed by atoms with Crippen molar-refractivity contribution in [2.24, 2.45) is 0 Å². The van der Waals surface area contributed by atoms with E-state index in [-0.39, 0.29) is 6.10 Å². The highest BCUT2D eigenvalue weighted by molar-refractivity contribution is 5.68. The van der Waals surface area contributed by atoms with Crippen molar-refractivity contribution in [3.8, 4) is 0 Å². The fourth-order valence-electron chi connectivity index (χ4n) is 4.13. The second-order valence-electron chi connectivity index (χ2n) is 7.72. The van der Waals surface area contributed by atoms with E-state index in [1.165, 1.54) is 0 Å². The topological polar surface area (TPSA) is 69.8 Å². The Morgan fingerprint density at radius 2 is 1.96 bits per heavy atom. The van der Waals surface area contributed by atoms with Gasteiger partial charge >= 0.3 is 0 Å². The number of nitrogens with zero attached hydrogens (tertiary/aromatic N) is 6. The van der Waals surface area contributed by atoms with Crippen LogP contribution in [0.4, 0.5) is 5.69 Å². The molecule has 7 heteroatoms. The molecule has 7 nitrogen and oxygen atoms in total. The molecule has 1 atom stereocenters. The van der Waals surface area contributed by atoms with E-state index in [9.17, 15) is 5.11 Å². The number of fused-ring (bicyclic) bond motifs is 1. The van der Waals surface area contributed by atoms with Crippen molar-refractivity contribution in [1.29, 1.82) is 0 Å². The molecule has 0 spiro atoms. The molecular formula is C18H28N6O. The predicted molar refractivity (Wildman–Crippen MR) is 96.9 cm³/mol. The zero-order valence-corrected chi connectivity index (χ0v) is 15.2. The summed E-state index contributed by atoms with van der Waals surface area (Å²) in [6.07, 6.45) is 5.88. The Balaban J connectivity index is 1.50. The Morgan fingerprint density at radius 1 is 1.16 bits per heavy atom. The van der Waals surface area contributed by atoms with Crippen molar-refractivity contribution in [2.75, 3.05) is 31.1 Å². The Morgan fingerprint density at radius 3 is 2.68 bits per heavy atom. The van der Waals surface area contributed by atoms with Crippen LogP contribution in [0.15, 0.2) is 12.4 Å². The lowest BCUT2D eigenvalue weighted by Crippen LogP contribution is -2.49. The molecule has 2 aromatic heterocycles. The van der Waals surface area contributed by atoms with E-state index < -0.39 is 0 Å². The second-order valence-corrected chi connectivity index (χ2v) is 7.72. The van der Waals surface area contributed by atoms with Gasteiger partial charge in [0, 0.05) is 25.7 Å². The molecule has 2 fully saturated rings. The molecule has 136 valence electrons. The van der Waals surface area contributed by atoms with Gasteiger partial charge in [0.15, 0.2) is 0 Å². The number of aliphatic hydroxyl groups is 1. The fourth-order valence-corrected chi connectivity index (χ4v) is 4.13. The minimum absolute atomic E-state index is 0.142. The summed E-state index contributed by atoms with van der Waals surface area (Å²) in [6, 6.07) is 2.77. The van der Waals surface area contributed by atoms with Crippen LogP contribution in [0.2, 0.25) is 0 Å². The zero-order valence-electron chi connectivity index (χ0n) is 15.2. The number of piperidine rings is 2. The lowest BCUT2D eigenvalue weighted by Gasteiger charge is -2.42. The molecule has 2 aliphatic rings. The van der Waals surface area contributed by atoms with Gasteiger partial charge in [0.25, 0.3) is 0 Å². The van der Waals surface area contributed by atoms with Crippen molar-refractivity contribution in [1.82, 2.24) is 24.7 Å². The minimum atomic E-state index is -0.142. The van der Waals surface area contributed by atoms with Crippen molar-refractivity contribution in [3.63, 3.8) is 0 Å². The number of β-amino-alcohol motifs (C(OH)–C–C–N with tert-alkyl or cyclic N) is 1. The van der Waals surface area contributed by atoms with Gasteiger partial charge in [-0.1, -0.05) is 13.8 Å². The van der Waals surface area contributed by atoms with E-state index in [0.717, 1.165) is 68.9 Å². The van der Waals surface area contributed by atoms with Gasteiger partial charge in [-0.3, -0.25) is 4.90 Å². The van der Waals surface area contributed by atoms with E-state index >= 15 is 0 Å². The van der Waals surface area contributed by atoms with Gasteiger partial charge < -0.3 is 10.0 Å². The quantitative estimate of drug-likeness (QED) is 0.913. The number of aromatic nitrogens is 4. The Kier molecular flexibility index (Phi) is 4.60. The molecule has 0 bridgehead atoms. The highest BCUT2D eigenvalue weighted by atomic mass is 16.3. The van der Waals surface area contributed by atoms with Crippen LogP contribution in [0.1, 0.15) is 51.1 Å². The SMILES string of the molecule is CC(C)c1cc(N2CCC(N3CCCC(O)C3)CC2)c2nncn2n1. The molecular weight excluding hydrogens is 316 g/mol. The van der Waals surface area contributed by atoms with Crippen LogP contribution in [0.25, 0.3) is 5.65 Å². The smallest absolute Gasteiger partial charge is 0.200 e. The summed E-state index contributed by atoms with van der Waals surface area (Å²) in [7, 11) is 0. The minimum Gasteiger partial charge on any atom is -0.392 e. The molecule has 2 aliphatic heterocycles. The van der Waals surface area contributed by atoms with E-state index in [4.69, 9.17) is 0 Å². The highest BCUT2D eigenvalue weighted by Crippen LogP contribution is 2.28. The zero-order chi connectivity index (χ0) is 17.4. The first-order valence-electron chi connectivity index (χ1n) is 9.50. The van der Waals surface area contributed by atoms with Crippen molar-refractivity contribution in [3.05, 3.63) is 18.1 Å². The normalized spacial score (nSPS) is 23.7. The highest BCUT2D eigenvalue weighted by Gasteiger charge is 2.29. The van der Waals surface area contributed by atoms with Crippen molar-refractivity contribution in [2.45, 2.75) is 57.6 Å². The first-order valence-corrected chi connectivity index (χ1v) is 9.50. The summed E-state index contributed by atoms with van der Waals surface area (Å²) in [5.74, 6) is 0.373. The average molecular weight is 344 g/mol. The van der Waals surface area contributed by atoms with Crippen LogP contribution in [-0.2, 0) is 0 Å². The molecule has 0 aliphatic carbocycles. The van der Waals surface area contributed by atoms with Gasteiger partial charge in [-0.2, -0.15) is 9.61 Å². The summed E-state index contributed by atoms with van der Waals surface area (Å²) >= 11 is 0. The molecule has 2 aromatic rings. The molecule has 0 aromatic carbocycles. The van der Waals surface area contributed by atoms with Crippen LogP contribution < -0.4 is 4.90 Å². The average Bonchev–Trinajstić information content (AvgIpc) is 3.09. The lowest BCUT2D eigenvalue weighted by molar-refractivity contribution is 0.0398. The maximum absolute atomic E-state index is 9.94. The molecule has 0 saturated carbocycles. The molecule has 4 heterocycles. The van der Waals surface area contributed by atoms with Crippen LogP contribution >= 0.6 is 0 Å². The van der Waals surface area contributed by atoms with Gasteiger partial charge in [0.2, 0.25) is 5.65 Å². The van der Waals surface area contributed by atoms with E-state index in [2.05, 4.69) is 45.0 Å². The van der Waals surface area contributed by atoms with E-state index in [1.54, 1.807) is 10.8 Å². The van der Waals surface area contributed by atoms with Crippen molar-refractivity contribution < 1.29 is 5.11 Å². The summed E-state index contributed by atoms with van der Waals surface area (Å²) in [4.78, 5) is 4.92. The molecule has 2 saturated heterocycles. The molecule has 25 heavy (non-hydrogen) atoms. The number of likely N-dealkylation sites (tertiary alicyclic amines) is 1. The molecule has 0 radical (unpaired) electrons. The summed E-state index contributed by atoms with van der Waals surface area (Å²) in [5.41, 5.74) is 3.06. The van der Waals surface area contributed by atoms with Gasteiger partial charge in [0.05, 0.1) is 17.5 Å². The molecule has 1 unspecified atom stereocenters. The largest absolute Gasteiger partial charge is 0.392 e. The first kappa shape index (κ1) is 16.7. The predicted octanol–water partition coefficient (Wildman–Crippen LogP) is 1.67. The van der Waals surface area contributed by atoms with Crippen LogP contribution in [0.5, 0.6) is 0 Å². The van der Waals surface area contributed by atoms with Crippen molar-refractivity contribution >= 4 is 11.3 Å². The number of aliphatic hydroxyl groups excluding tert-OH is 1. The monoisotopic (exact) mass is 344 g/mol. The van der Waals surface area contributed by atoms with Crippen LogP contribution in [0, 0.1) is 0 Å². The Hall–Kier alpha value is -1.73. The molecule has 0 amide bonds. The fraction of sp³-hybridized carbons (Fsp3) is 0.722. The summed E-state index contributed by atoms with van der Waals surface area (Å²) in [5, 5.41) is 22.9. The van der Waals surface area contributed by atoms with Gasteiger partial charge in [-0.15, -0.1) is 10.2 Å². The van der Waals surface area contributed by atoms with E-state index in [1.807, 2.05) is 0 Å².